The lowest BCUT2D eigenvalue weighted by molar-refractivity contribution is -0.163. The van der Waals surface area contributed by atoms with Crippen molar-refractivity contribution in [1.29, 1.82) is 0 Å². The smallest absolute Gasteiger partial charge is 0.351 e. The first-order valence-electron chi connectivity index (χ1n) is 18.8. The standard InChI is InChI=1S/C40H70O14P2/c1-29(2)19-17-20-30(3)21-18-22-31(4)23-24-32(55(45,51-25-47-33(41)37(5,6)7)52-26-48-34(42)38(8,9)10)56(46,53-27-49-35(43)39(11,12)13)54-28-50-36(44)40(14,15)16/h19,21,23,32H,17-18,20,22,24-28H2,1-16H3/b30-21-,31-23+. The maximum absolute atomic E-state index is 15.0. The summed E-state index contributed by atoms with van der Waals surface area (Å²) in [5.41, 5.74) is -0.603. The van der Waals surface area contributed by atoms with Crippen LogP contribution in [0.4, 0.5) is 0 Å². The highest BCUT2D eigenvalue weighted by molar-refractivity contribution is 7.72. The predicted octanol–water partition coefficient (Wildman–Crippen LogP) is 10.8. The number of carbonyl (C=O) groups is 4. The van der Waals surface area contributed by atoms with Crippen molar-refractivity contribution in [2.75, 3.05) is 27.2 Å². The lowest BCUT2D eigenvalue weighted by Gasteiger charge is -2.31. The van der Waals surface area contributed by atoms with Crippen molar-refractivity contribution in [2.45, 2.75) is 148 Å². The van der Waals surface area contributed by atoms with Crippen LogP contribution in [0.2, 0.25) is 0 Å². The quantitative estimate of drug-likeness (QED) is 0.0331. The van der Waals surface area contributed by atoms with E-state index in [0.717, 1.165) is 18.4 Å². The molecule has 0 N–H and O–H groups in total. The molecule has 324 valence electrons. The van der Waals surface area contributed by atoms with Crippen LogP contribution in [0.5, 0.6) is 0 Å². The number of ether oxygens (including phenoxy) is 4. The Labute approximate surface area is 335 Å². The van der Waals surface area contributed by atoms with E-state index in [1.165, 1.54) is 11.1 Å². The third-order valence-electron chi connectivity index (χ3n) is 7.67. The summed E-state index contributed by atoms with van der Waals surface area (Å²) < 4.78 is 73.5. The Morgan fingerprint density at radius 3 is 1.00 bits per heavy atom. The second-order valence-electron chi connectivity index (χ2n) is 18.0. The fourth-order valence-electron chi connectivity index (χ4n) is 3.97. The Hall–Kier alpha value is -2.60. The molecule has 0 bridgehead atoms. The van der Waals surface area contributed by atoms with E-state index < -0.39 is 93.3 Å². The third-order valence-corrected chi connectivity index (χ3v) is 13.1. The molecule has 0 fully saturated rings. The molecule has 0 saturated heterocycles. The van der Waals surface area contributed by atoms with Crippen LogP contribution in [0.15, 0.2) is 34.9 Å². The summed E-state index contributed by atoms with van der Waals surface area (Å²) in [5, 5.41) is -1.85. The summed E-state index contributed by atoms with van der Waals surface area (Å²) >= 11 is 0. The highest BCUT2D eigenvalue weighted by Crippen LogP contribution is 2.71. The van der Waals surface area contributed by atoms with E-state index in [0.29, 0.717) is 12.8 Å². The Kier molecular flexibility index (Phi) is 22.0. The molecule has 0 spiro atoms. The Morgan fingerprint density at radius 2 is 0.732 bits per heavy atom. The minimum atomic E-state index is -4.89. The molecular weight excluding hydrogens is 766 g/mol. The first kappa shape index (κ1) is 53.4. The van der Waals surface area contributed by atoms with Crippen molar-refractivity contribution in [3.63, 3.8) is 0 Å². The maximum atomic E-state index is 15.0. The maximum Gasteiger partial charge on any atom is 0.351 e. The molecule has 0 radical (unpaired) electrons. The Balaban J connectivity index is 7.12. The van der Waals surface area contributed by atoms with Crippen LogP contribution < -0.4 is 0 Å². The van der Waals surface area contributed by atoms with Gasteiger partial charge >= 0.3 is 39.1 Å². The molecule has 0 saturated carbocycles. The van der Waals surface area contributed by atoms with E-state index in [2.05, 4.69) is 32.9 Å². The summed E-state index contributed by atoms with van der Waals surface area (Å²) in [7, 11) is -9.78. The lowest BCUT2D eigenvalue weighted by atomic mass is 9.98. The van der Waals surface area contributed by atoms with Crippen molar-refractivity contribution in [2.24, 2.45) is 21.7 Å². The molecule has 16 heteroatoms. The molecule has 0 heterocycles. The Morgan fingerprint density at radius 1 is 0.464 bits per heavy atom. The number of allylic oxidation sites excluding steroid dienone is 6. The van der Waals surface area contributed by atoms with E-state index >= 15 is 0 Å². The van der Waals surface area contributed by atoms with Gasteiger partial charge in [0.25, 0.3) is 0 Å². The average Bonchev–Trinajstić information content (AvgIpc) is 3.02. The number of esters is 4. The molecule has 14 nitrogen and oxygen atoms in total. The molecule has 0 aromatic carbocycles. The fraction of sp³-hybridized carbons (Fsp3) is 0.750. The number of hydrogen-bond acceptors (Lipinski definition) is 14. The topological polar surface area (TPSA) is 176 Å². The van der Waals surface area contributed by atoms with Crippen molar-refractivity contribution < 1.29 is 65.4 Å². The molecule has 0 aromatic rings. The Bertz CT molecular complexity index is 1340. The van der Waals surface area contributed by atoms with Crippen LogP contribution >= 0.6 is 15.2 Å². The van der Waals surface area contributed by atoms with Gasteiger partial charge in [-0.2, -0.15) is 0 Å². The van der Waals surface area contributed by atoms with E-state index in [-0.39, 0.29) is 6.42 Å². The SMILES string of the molecule is CC(C)=CCC/C(C)=C\CC/C(C)=C/CC(P(=O)(OCOC(=O)C(C)(C)C)OCOC(=O)C(C)(C)C)P(=O)(OCOC(=O)C(C)(C)C)OCOC(=O)C(C)(C)C. The predicted molar refractivity (Wildman–Crippen MR) is 215 cm³/mol. The molecule has 0 aliphatic heterocycles. The van der Waals surface area contributed by atoms with E-state index in [1.54, 1.807) is 89.2 Å². The van der Waals surface area contributed by atoms with E-state index in [1.807, 2.05) is 6.92 Å². The van der Waals surface area contributed by atoms with Crippen molar-refractivity contribution in [1.82, 2.24) is 0 Å². The van der Waals surface area contributed by atoms with Crippen LogP contribution in [-0.4, -0.2) is 56.4 Å². The zero-order valence-corrected chi connectivity index (χ0v) is 38.6. The van der Waals surface area contributed by atoms with Crippen molar-refractivity contribution in [3.8, 4) is 0 Å². The van der Waals surface area contributed by atoms with Gasteiger partial charge in [-0.1, -0.05) is 34.9 Å². The molecule has 56 heavy (non-hydrogen) atoms. The first-order valence-corrected chi connectivity index (χ1v) is 22.0. The van der Waals surface area contributed by atoms with Gasteiger partial charge in [0.15, 0.2) is 5.40 Å². The van der Waals surface area contributed by atoms with Gasteiger partial charge in [-0.05, 0) is 143 Å². The zero-order valence-electron chi connectivity index (χ0n) is 36.8. The minimum absolute atomic E-state index is 0.343. The molecular formula is C40H70O14P2. The van der Waals surface area contributed by atoms with Crippen LogP contribution in [0, 0.1) is 21.7 Å². The summed E-state index contributed by atoms with van der Waals surface area (Å²) in [6, 6.07) is 0. The summed E-state index contributed by atoms with van der Waals surface area (Å²) in [6.07, 6.45) is 8.70. The zero-order chi connectivity index (χ0) is 43.8. The first-order chi connectivity index (χ1) is 25.3. The van der Waals surface area contributed by atoms with Gasteiger partial charge in [-0.15, -0.1) is 0 Å². The van der Waals surface area contributed by atoms with Crippen LogP contribution in [-0.2, 0) is 65.4 Å². The number of carbonyl (C=O) groups excluding carboxylic acids is 4. The van der Waals surface area contributed by atoms with E-state index in [4.69, 9.17) is 37.0 Å². The van der Waals surface area contributed by atoms with Gasteiger partial charge in [0, 0.05) is 0 Å². The van der Waals surface area contributed by atoms with Crippen molar-refractivity contribution >= 4 is 39.1 Å². The molecule has 0 aliphatic rings. The lowest BCUT2D eigenvalue weighted by Crippen LogP contribution is -2.28. The number of rotatable bonds is 22. The van der Waals surface area contributed by atoms with Gasteiger partial charge in [-0.3, -0.25) is 46.4 Å². The van der Waals surface area contributed by atoms with Gasteiger partial charge in [0.2, 0.25) is 27.2 Å². The molecule has 0 atom stereocenters. The van der Waals surface area contributed by atoms with Gasteiger partial charge in [0.1, 0.15) is 0 Å². The molecule has 0 aliphatic carbocycles. The molecule has 0 unspecified atom stereocenters. The van der Waals surface area contributed by atoms with Crippen LogP contribution in [0.1, 0.15) is 143 Å². The van der Waals surface area contributed by atoms with Crippen LogP contribution in [0.3, 0.4) is 0 Å². The highest BCUT2D eigenvalue weighted by Gasteiger charge is 2.52. The monoisotopic (exact) mass is 836 g/mol. The largest absolute Gasteiger partial charge is 0.438 e. The second-order valence-corrected chi connectivity index (χ2v) is 22.8. The fourth-order valence-corrected chi connectivity index (χ4v) is 8.52. The van der Waals surface area contributed by atoms with Gasteiger partial charge in [-0.25, -0.2) is 0 Å². The molecule has 0 aromatic heterocycles. The molecule has 0 rings (SSSR count). The summed E-state index contributed by atoms with van der Waals surface area (Å²) in [6.45, 7) is 23.5. The van der Waals surface area contributed by atoms with Crippen molar-refractivity contribution in [3.05, 3.63) is 34.9 Å². The normalized spacial score (nSPS) is 13.7. The van der Waals surface area contributed by atoms with E-state index in [9.17, 15) is 28.3 Å². The van der Waals surface area contributed by atoms with Gasteiger partial charge in [0.05, 0.1) is 21.7 Å². The average molecular weight is 837 g/mol. The van der Waals surface area contributed by atoms with Crippen LogP contribution in [0.25, 0.3) is 0 Å². The third kappa shape index (κ3) is 21.2. The second kappa shape index (κ2) is 23.1. The summed E-state index contributed by atoms with van der Waals surface area (Å²) in [5.74, 6) is -2.84. The number of hydrogen-bond donors (Lipinski definition) is 0. The summed E-state index contributed by atoms with van der Waals surface area (Å²) in [4.78, 5) is 50.5. The molecule has 0 amide bonds. The van der Waals surface area contributed by atoms with Gasteiger partial charge < -0.3 is 18.9 Å². The minimum Gasteiger partial charge on any atom is -0.438 e. The highest BCUT2D eigenvalue weighted by atomic mass is 31.2.